The maximum atomic E-state index is 10.0. The van der Waals surface area contributed by atoms with Gasteiger partial charge in [-0.1, -0.05) is 5.11 Å². The molecule has 0 spiro atoms. The van der Waals surface area contributed by atoms with Crippen molar-refractivity contribution in [2.45, 2.75) is 18.6 Å². The van der Waals surface area contributed by atoms with Crippen LogP contribution in [0.1, 0.15) is 18.2 Å². The smallest absolute Gasteiger partial charge is 0.185 e. The Labute approximate surface area is 120 Å². The van der Waals surface area contributed by atoms with Gasteiger partial charge in [-0.05, 0) is 12.0 Å². The zero-order chi connectivity index (χ0) is 14.4. The van der Waals surface area contributed by atoms with Gasteiger partial charge in [0.05, 0.1) is 25.0 Å². The highest BCUT2D eigenvalue weighted by Crippen LogP contribution is 2.27. The first kappa shape index (κ1) is 15.0. The number of ether oxygens (including phenoxy) is 1. The summed E-state index contributed by atoms with van der Waals surface area (Å²) in [4.78, 5) is 9.06. The van der Waals surface area contributed by atoms with E-state index in [1.54, 1.807) is 5.38 Å². The van der Waals surface area contributed by atoms with Gasteiger partial charge >= 0.3 is 0 Å². The van der Waals surface area contributed by atoms with Crippen LogP contribution >= 0.6 is 11.3 Å². The highest BCUT2D eigenvalue weighted by molar-refractivity contribution is 7.13. The number of aliphatic hydroxyl groups is 2. The fourth-order valence-electron chi connectivity index (χ4n) is 1.90. The van der Waals surface area contributed by atoms with Crippen molar-refractivity contribution >= 4 is 16.5 Å². The average Bonchev–Trinajstić information content (AvgIpc) is 2.97. The summed E-state index contributed by atoms with van der Waals surface area (Å²) in [5, 5.41) is 25.7. The second-order valence-corrected chi connectivity index (χ2v) is 5.25. The molecule has 2 unspecified atom stereocenters. The van der Waals surface area contributed by atoms with Crippen molar-refractivity contribution in [3.05, 3.63) is 21.5 Å². The van der Waals surface area contributed by atoms with Gasteiger partial charge in [0, 0.05) is 29.9 Å². The molecule has 0 saturated carbocycles. The minimum absolute atomic E-state index is 0.148. The van der Waals surface area contributed by atoms with E-state index >= 15 is 0 Å². The van der Waals surface area contributed by atoms with Gasteiger partial charge in [-0.15, -0.1) is 11.3 Å². The minimum Gasteiger partial charge on any atom is -0.390 e. The van der Waals surface area contributed by atoms with Crippen LogP contribution in [-0.2, 0) is 4.74 Å². The molecule has 0 radical (unpaired) electrons. The maximum Gasteiger partial charge on any atom is 0.185 e. The molecule has 1 fully saturated rings. The van der Waals surface area contributed by atoms with Crippen molar-refractivity contribution in [3.63, 3.8) is 0 Å². The summed E-state index contributed by atoms with van der Waals surface area (Å²) in [7, 11) is 0. The zero-order valence-corrected chi connectivity index (χ0v) is 11.7. The van der Waals surface area contributed by atoms with Gasteiger partial charge in [0.2, 0.25) is 0 Å². The fraction of sp³-hybridized carbons (Fsp3) is 0.727. The zero-order valence-electron chi connectivity index (χ0n) is 10.9. The van der Waals surface area contributed by atoms with E-state index < -0.39 is 12.2 Å². The third-order valence-electron chi connectivity index (χ3n) is 3.05. The van der Waals surface area contributed by atoms with E-state index in [2.05, 4.69) is 19.9 Å². The lowest BCUT2D eigenvalue weighted by Gasteiger charge is -2.26. The van der Waals surface area contributed by atoms with E-state index in [0.717, 1.165) is 18.2 Å². The number of nitrogens with zero attached hydrogens (tertiary/aromatic N) is 5. The van der Waals surface area contributed by atoms with Gasteiger partial charge in [-0.2, -0.15) is 0 Å². The van der Waals surface area contributed by atoms with Gasteiger partial charge in [0.25, 0.3) is 0 Å². The molecule has 1 aromatic rings. The predicted octanol–water partition coefficient (Wildman–Crippen LogP) is 1.07. The van der Waals surface area contributed by atoms with E-state index in [0.29, 0.717) is 18.9 Å². The molecule has 9 heteroatoms. The molecule has 0 aliphatic carbocycles. The second kappa shape index (κ2) is 7.41. The number of hydrogen-bond acceptors (Lipinski definition) is 7. The topological polar surface area (TPSA) is 115 Å². The molecule has 1 aromatic heterocycles. The Kier molecular flexibility index (Phi) is 5.57. The molecule has 0 aromatic carbocycles. The molecular formula is C11H17N5O3S. The molecule has 1 saturated heterocycles. The fourth-order valence-corrected chi connectivity index (χ4v) is 2.81. The van der Waals surface area contributed by atoms with Crippen LogP contribution in [0, 0.1) is 0 Å². The lowest BCUT2D eigenvalue weighted by atomic mass is 10.1. The van der Waals surface area contributed by atoms with Gasteiger partial charge in [0.15, 0.2) is 5.13 Å². The lowest BCUT2D eigenvalue weighted by molar-refractivity contribution is 0.0129. The van der Waals surface area contributed by atoms with Crippen molar-refractivity contribution in [1.29, 1.82) is 0 Å². The molecular weight excluding hydrogens is 282 g/mol. The number of anilines is 1. The van der Waals surface area contributed by atoms with E-state index in [4.69, 9.17) is 10.3 Å². The van der Waals surface area contributed by atoms with E-state index in [-0.39, 0.29) is 13.0 Å². The summed E-state index contributed by atoms with van der Waals surface area (Å²) in [5.41, 5.74) is 8.62. The summed E-state index contributed by atoms with van der Waals surface area (Å²) < 4.78 is 5.27. The third kappa shape index (κ3) is 3.81. The van der Waals surface area contributed by atoms with Gasteiger partial charge in [0.1, 0.15) is 6.10 Å². The standard InChI is InChI=1S/C11H17N5O3S/c12-15-13-2-1-9(17)10(18)8-7-20-11(14-8)16-3-5-19-6-4-16/h7,9-10,17-18H,1-6H2. The summed E-state index contributed by atoms with van der Waals surface area (Å²) >= 11 is 1.44. The van der Waals surface area contributed by atoms with Crippen molar-refractivity contribution in [2.75, 3.05) is 37.7 Å². The molecule has 2 heterocycles. The Balaban J connectivity index is 1.94. The van der Waals surface area contributed by atoms with Gasteiger partial charge < -0.3 is 19.8 Å². The first-order valence-corrected chi connectivity index (χ1v) is 7.25. The number of aromatic nitrogens is 1. The highest BCUT2D eigenvalue weighted by Gasteiger charge is 2.22. The Hall–Kier alpha value is -1.38. The Morgan fingerprint density at radius 1 is 1.50 bits per heavy atom. The van der Waals surface area contributed by atoms with Crippen LogP contribution in [-0.4, -0.2) is 54.1 Å². The molecule has 110 valence electrons. The molecule has 0 bridgehead atoms. The Morgan fingerprint density at radius 2 is 2.25 bits per heavy atom. The second-order valence-electron chi connectivity index (χ2n) is 4.41. The molecule has 0 amide bonds. The molecule has 2 rings (SSSR count). The van der Waals surface area contributed by atoms with Crippen LogP contribution in [0.2, 0.25) is 0 Å². The van der Waals surface area contributed by atoms with Crippen LogP contribution in [0.25, 0.3) is 10.4 Å². The highest BCUT2D eigenvalue weighted by atomic mass is 32.1. The molecule has 8 nitrogen and oxygen atoms in total. The average molecular weight is 299 g/mol. The van der Waals surface area contributed by atoms with Crippen molar-refractivity contribution < 1.29 is 14.9 Å². The van der Waals surface area contributed by atoms with Crippen molar-refractivity contribution in [1.82, 2.24) is 4.98 Å². The molecule has 2 atom stereocenters. The Morgan fingerprint density at radius 3 is 2.95 bits per heavy atom. The molecule has 20 heavy (non-hydrogen) atoms. The number of hydrogen-bond donors (Lipinski definition) is 2. The summed E-state index contributed by atoms with van der Waals surface area (Å²) in [6.45, 7) is 3.05. The predicted molar refractivity (Wildman–Crippen MR) is 74.7 cm³/mol. The number of morpholine rings is 1. The quantitative estimate of drug-likeness (QED) is 0.463. The van der Waals surface area contributed by atoms with Crippen molar-refractivity contribution in [3.8, 4) is 0 Å². The normalized spacial score (nSPS) is 18.4. The minimum atomic E-state index is -1.06. The van der Waals surface area contributed by atoms with Gasteiger partial charge in [-0.3, -0.25) is 0 Å². The van der Waals surface area contributed by atoms with E-state index in [9.17, 15) is 10.2 Å². The summed E-state index contributed by atoms with van der Waals surface area (Å²) in [5.74, 6) is 0. The van der Waals surface area contributed by atoms with Crippen molar-refractivity contribution in [2.24, 2.45) is 5.11 Å². The molecule has 1 aliphatic rings. The Bertz CT molecular complexity index is 470. The van der Waals surface area contributed by atoms with Crippen LogP contribution < -0.4 is 4.90 Å². The number of thiazole rings is 1. The number of rotatable bonds is 6. The maximum absolute atomic E-state index is 10.0. The van der Waals surface area contributed by atoms with Crippen LogP contribution in [0.3, 0.4) is 0 Å². The van der Waals surface area contributed by atoms with E-state index in [1.165, 1.54) is 11.3 Å². The number of aliphatic hydroxyl groups excluding tert-OH is 2. The van der Waals surface area contributed by atoms with E-state index in [1.807, 2.05) is 0 Å². The monoisotopic (exact) mass is 299 g/mol. The first-order valence-electron chi connectivity index (χ1n) is 6.37. The SMILES string of the molecule is [N-]=[N+]=NCCC(O)C(O)c1csc(N2CCOCC2)n1. The van der Waals surface area contributed by atoms with Crippen LogP contribution in [0.5, 0.6) is 0 Å². The third-order valence-corrected chi connectivity index (χ3v) is 3.97. The van der Waals surface area contributed by atoms with Crippen LogP contribution in [0.15, 0.2) is 10.5 Å². The summed E-state index contributed by atoms with van der Waals surface area (Å²) in [6, 6.07) is 0. The molecule has 2 N–H and O–H groups in total. The number of azide groups is 1. The lowest BCUT2D eigenvalue weighted by Crippen LogP contribution is -2.36. The van der Waals surface area contributed by atoms with Crippen LogP contribution in [0.4, 0.5) is 5.13 Å². The van der Waals surface area contributed by atoms with Gasteiger partial charge in [-0.25, -0.2) is 4.98 Å². The molecule has 1 aliphatic heterocycles. The first-order chi connectivity index (χ1) is 9.72. The summed E-state index contributed by atoms with van der Waals surface area (Å²) in [6.07, 6.45) is -1.84. The largest absolute Gasteiger partial charge is 0.390 e.